The van der Waals surface area contributed by atoms with Gasteiger partial charge in [0.1, 0.15) is 11.4 Å². The predicted octanol–water partition coefficient (Wildman–Crippen LogP) is 4.18. The van der Waals surface area contributed by atoms with E-state index in [1.807, 2.05) is 44.7 Å². The topological polar surface area (TPSA) is 60.2 Å². The number of nitrogens with zero attached hydrogens (tertiary/aromatic N) is 1. The summed E-state index contributed by atoms with van der Waals surface area (Å²) in [7, 11) is 0. The highest BCUT2D eigenvalue weighted by Gasteiger charge is 2.15. The van der Waals surface area contributed by atoms with Crippen LogP contribution in [0.5, 0.6) is 5.88 Å². The average molecular weight is 311 g/mol. The fourth-order valence-corrected chi connectivity index (χ4v) is 2.36. The molecule has 5 heteroatoms. The van der Waals surface area contributed by atoms with Crippen LogP contribution in [0.25, 0.3) is 0 Å². The number of hydrogen-bond donors (Lipinski definition) is 2. The zero-order valence-corrected chi connectivity index (χ0v) is 14.6. The molecule has 0 saturated heterocycles. The molecule has 0 aliphatic rings. The largest absolute Gasteiger partial charge is 0.470 e. The summed E-state index contributed by atoms with van der Waals surface area (Å²) in [5.74, 6) is 2.60. The van der Waals surface area contributed by atoms with Crippen LogP contribution in [0.15, 0.2) is 12.1 Å². The second-order valence-corrected chi connectivity index (χ2v) is 7.12. The number of nitrogens with two attached hydrogens (primary N) is 1. The molecule has 0 unspecified atom stereocenters. The first-order valence-electron chi connectivity index (χ1n) is 7.61. The number of anilines is 2. The second-order valence-electron chi connectivity index (χ2n) is 6.14. The number of nitrogens with one attached hydrogen (secondary N) is 1. The lowest BCUT2D eigenvalue weighted by Crippen LogP contribution is -2.24. The summed E-state index contributed by atoms with van der Waals surface area (Å²) in [4.78, 5) is 4.44. The molecule has 0 amide bonds. The Bertz CT molecular complexity index is 418. The molecule has 3 N–H and O–H groups in total. The van der Waals surface area contributed by atoms with Crippen molar-refractivity contribution >= 4 is 23.3 Å². The SMILES string of the molecule is CSCCCCCCNc1ccc(N)c(OC(C)(C)C)n1. The summed E-state index contributed by atoms with van der Waals surface area (Å²) in [5.41, 5.74) is 6.18. The normalized spacial score (nSPS) is 11.4. The van der Waals surface area contributed by atoms with Gasteiger partial charge in [-0.05, 0) is 57.8 Å². The summed E-state index contributed by atoms with van der Waals surface area (Å²) in [6.45, 7) is 6.90. The highest BCUT2D eigenvalue weighted by Crippen LogP contribution is 2.24. The maximum Gasteiger partial charge on any atom is 0.239 e. The van der Waals surface area contributed by atoms with Crippen molar-refractivity contribution < 1.29 is 4.74 Å². The van der Waals surface area contributed by atoms with Crippen molar-refractivity contribution in [2.75, 3.05) is 29.6 Å². The van der Waals surface area contributed by atoms with Crippen molar-refractivity contribution in [3.8, 4) is 5.88 Å². The number of nitrogen functional groups attached to an aromatic ring is 1. The zero-order valence-electron chi connectivity index (χ0n) is 13.7. The fourth-order valence-electron chi connectivity index (χ4n) is 1.86. The molecule has 1 aromatic rings. The Labute approximate surface area is 133 Å². The Morgan fingerprint density at radius 1 is 1.19 bits per heavy atom. The van der Waals surface area contributed by atoms with Gasteiger partial charge in [-0.1, -0.05) is 12.8 Å². The third kappa shape index (κ3) is 8.05. The maximum atomic E-state index is 5.90. The Kier molecular flexibility index (Phi) is 7.72. The van der Waals surface area contributed by atoms with Gasteiger partial charge >= 0.3 is 0 Å². The summed E-state index contributed by atoms with van der Waals surface area (Å²) in [6, 6.07) is 3.74. The van der Waals surface area contributed by atoms with Gasteiger partial charge in [-0.2, -0.15) is 16.7 Å². The first-order chi connectivity index (χ1) is 9.92. The number of pyridine rings is 1. The van der Waals surface area contributed by atoms with E-state index in [0.717, 1.165) is 18.8 Å². The van der Waals surface area contributed by atoms with E-state index in [2.05, 4.69) is 16.6 Å². The molecule has 0 aliphatic heterocycles. The standard InChI is InChI=1S/C16H29N3OS/c1-16(2,3)20-15-13(17)9-10-14(19-15)18-11-7-5-6-8-12-21-4/h9-10H,5-8,11-12,17H2,1-4H3,(H,18,19). The minimum absolute atomic E-state index is 0.295. The second kappa shape index (κ2) is 9.03. The summed E-state index contributed by atoms with van der Waals surface area (Å²) < 4.78 is 5.77. The Hall–Kier alpha value is -1.10. The van der Waals surface area contributed by atoms with Crippen molar-refractivity contribution in [1.29, 1.82) is 0 Å². The molecule has 1 rings (SSSR count). The molecule has 0 saturated carbocycles. The van der Waals surface area contributed by atoms with Crippen LogP contribution in [0, 0.1) is 0 Å². The number of hydrogen-bond acceptors (Lipinski definition) is 5. The van der Waals surface area contributed by atoms with E-state index in [1.165, 1.54) is 25.0 Å². The van der Waals surface area contributed by atoms with Gasteiger partial charge in [0.2, 0.25) is 5.88 Å². The van der Waals surface area contributed by atoms with Gasteiger partial charge < -0.3 is 15.8 Å². The number of thioether (sulfide) groups is 1. The van der Waals surface area contributed by atoms with E-state index < -0.39 is 0 Å². The summed E-state index contributed by atoms with van der Waals surface area (Å²) in [6.07, 6.45) is 7.19. The van der Waals surface area contributed by atoms with E-state index in [-0.39, 0.29) is 5.60 Å². The van der Waals surface area contributed by atoms with Gasteiger partial charge in [0.25, 0.3) is 0 Å². The molecule has 0 atom stereocenters. The molecule has 0 bridgehead atoms. The van der Waals surface area contributed by atoms with Crippen LogP contribution in [0.3, 0.4) is 0 Å². The molecule has 0 spiro atoms. The highest BCUT2D eigenvalue weighted by molar-refractivity contribution is 7.98. The van der Waals surface area contributed by atoms with Crippen LogP contribution < -0.4 is 15.8 Å². The molecule has 1 aromatic heterocycles. The molecule has 21 heavy (non-hydrogen) atoms. The van der Waals surface area contributed by atoms with Crippen LogP contribution in [-0.2, 0) is 0 Å². The third-order valence-electron chi connectivity index (χ3n) is 2.87. The van der Waals surface area contributed by atoms with Gasteiger partial charge in [-0.15, -0.1) is 0 Å². The molecular formula is C16H29N3OS. The lowest BCUT2D eigenvalue weighted by Gasteiger charge is -2.21. The van der Waals surface area contributed by atoms with E-state index in [0.29, 0.717) is 11.6 Å². The van der Waals surface area contributed by atoms with Crippen LogP contribution in [-0.4, -0.2) is 29.1 Å². The van der Waals surface area contributed by atoms with Gasteiger partial charge in [0.15, 0.2) is 0 Å². The Morgan fingerprint density at radius 3 is 2.57 bits per heavy atom. The minimum Gasteiger partial charge on any atom is -0.470 e. The van der Waals surface area contributed by atoms with E-state index in [4.69, 9.17) is 10.5 Å². The van der Waals surface area contributed by atoms with Crippen molar-refractivity contribution in [1.82, 2.24) is 4.98 Å². The van der Waals surface area contributed by atoms with E-state index in [1.54, 1.807) is 0 Å². The fraction of sp³-hybridized carbons (Fsp3) is 0.688. The van der Waals surface area contributed by atoms with Gasteiger partial charge in [-0.3, -0.25) is 0 Å². The van der Waals surface area contributed by atoms with Gasteiger partial charge in [0, 0.05) is 6.54 Å². The number of unbranched alkanes of at least 4 members (excludes halogenated alkanes) is 3. The van der Waals surface area contributed by atoms with Crippen molar-refractivity contribution in [2.45, 2.75) is 52.1 Å². The monoisotopic (exact) mass is 311 g/mol. The van der Waals surface area contributed by atoms with E-state index in [9.17, 15) is 0 Å². The van der Waals surface area contributed by atoms with E-state index >= 15 is 0 Å². The third-order valence-corrected chi connectivity index (χ3v) is 3.57. The Morgan fingerprint density at radius 2 is 1.90 bits per heavy atom. The molecule has 0 fully saturated rings. The average Bonchev–Trinajstić information content (AvgIpc) is 2.39. The van der Waals surface area contributed by atoms with Crippen molar-refractivity contribution in [3.63, 3.8) is 0 Å². The number of rotatable bonds is 9. The maximum absolute atomic E-state index is 5.90. The van der Waals surface area contributed by atoms with Crippen LogP contribution >= 0.6 is 11.8 Å². The molecule has 0 aliphatic carbocycles. The number of aromatic nitrogens is 1. The summed E-state index contributed by atoms with van der Waals surface area (Å²) >= 11 is 1.92. The van der Waals surface area contributed by atoms with Gasteiger partial charge in [0.05, 0.1) is 5.69 Å². The lowest BCUT2D eigenvalue weighted by atomic mass is 10.2. The molecule has 0 aromatic carbocycles. The first-order valence-corrected chi connectivity index (χ1v) is 9.00. The molecular weight excluding hydrogens is 282 g/mol. The highest BCUT2D eigenvalue weighted by atomic mass is 32.2. The van der Waals surface area contributed by atoms with Crippen molar-refractivity contribution in [2.24, 2.45) is 0 Å². The van der Waals surface area contributed by atoms with Crippen LogP contribution in [0.2, 0.25) is 0 Å². The minimum atomic E-state index is -0.295. The molecule has 120 valence electrons. The lowest BCUT2D eigenvalue weighted by molar-refractivity contribution is 0.125. The van der Waals surface area contributed by atoms with Crippen molar-refractivity contribution in [3.05, 3.63) is 12.1 Å². The quantitative estimate of drug-likeness (QED) is 0.670. The first kappa shape index (κ1) is 18.0. The number of ether oxygens (including phenoxy) is 1. The van der Waals surface area contributed by atoms with Crippen LogP contribution in [0.4, 0.5) is 11.5 Å². The smallest absolute Gasteiger partial charge is 0.239 e. The zero-order chi connectivity index (χ0) is 15.7. The van der Waals surface area contributed by atoms with Gasteiger partial charge in [-0.25, -0.2) is 0 Å². The summed E-state index contributed by atoms with van der Waals surface area (Å²) in [5, 5.41) is 3.34. The molecule has 4 nitrogen and oxygen atoms in total. The molecule has 0 radical (unpaired) electrons. The molecule has 1 heterocycles. The Balaban J connectivity index is 2.37. The van der Waals surface area contributed by atoms with Crippen LogP contribution in [0.1, 0.15) is 46.5 Å². The predicted molar refractivity (Wildman–Crippen MR) is 94.4 cm³/mol.